The first-order chi connectivity index (χ1) is 9.19. The topological polar surface area (TPSA) is 63.0 Å². The fraction of sp³-hybridized carbons (Fsp3) is 0.538. The number of nitrogens with one attached hydrogen (secondary N) is 1. The fourth-order valence-corrected chi connectivity index (χ4v) is 3.19. The molecule has 0 saturated heterocycles. The van der Waals surface area contributed by atoms with Gasteiger partial charge in [-0.3, -0.25) is 4.68 Å². The highest BCUT2D eigenvalue weighted by Gasteiger charge is 2.23. The van der Waals surface area contributed by atoms with Gasteiger partial charge in [-0.2, -0.15) is 5.10 Å². The number of rotatable bonds is 2. The predicted octanol–water partition coefficient (Wildman–Crippen LogP) is 2.71. The van der Waals surface area contributed by atoms with Crippen LogP contribution < -0.4 is 5.32 Å². The number of hydrogen-bond donors (Lipinski definition) is 2. The van der Waals surface area contributed by atoms with Gasteiger partial charge in [0.2, 0.25) is 0 Å². The van der Waals surface area contributed by atoms with Crippen LogP contribution in [0.25, 0.3) is 10.9 Å². The Morgan fingerprint density at radius 3 is 2.79 bits per heavy atom. The van der Waals surface area contributed by atoms with Gasteiger partial charge in [-0.05, 0) is 41.6 Å². The Hall–Kier alpha value is -1.14. The van der Waals surface area contributed by atoms with Crippen LogP contribution in [0.5, 0.6) is 0 Å². The van der Waals surface area contributed by atoms with Gasteiger partial charge in [0.05, 0.1) is 23.0 Å². The van der Waals surface area contributed by atoms with Crippen LogP contribution >= 0.6 is 15.9 Å². The number of anilines is 1. The zero-order chi connectivity index (χ0) is 13.4. The van der Waals surface area contributed by atoms with Crippen LogP contribution in [0.4, 0.5) is 5.82 Å². The molecule has 6 heteroatoms. The van der Waals surface area contributed by atoms with Gasteiger partial charge in [-0.25, -0.2) is 4.98 Å². The van der Waals surface area contributed by atoms with E-state index in [0.717, 1.165) is 47.0 Å². The first-order valence-corrected chi connectivity index (χ1v) is 7.38. The number of nitrogens with zero attached hydrogens (tertiary/aromatic N) is 3. The molecule has 0 aromatic carbocycles. The maximum atomic E-state index is 9.62. The van der Waals surface area contributed by atoms with E-state index in [4.69, 9.17) is 0 Å². The Bertz CT molecular complexity index is 590. The lowest BCUT2D eigenvalue weighted by molar-refractivity contribution is 0.109. The number of aliphatic hydroxyl groups excluding tert-OH is 1. The van der Waals surface area contributed by atoms with Gasteiger partial charge in [-0.1, -0.05) is 0 Å². The van der Waals surface area contributed by atoms with Crippen molar-refractivity contribution in [2.24, 2.45) is 0 Å². The van der Waals surface area contributed by atoms with Crippen molar-refractivity contribution in [3.05, 3.63) is 16.9 Å². The summed E-state index contributed by atoms with van der Waals surface area (Å²) in [4.78, 5) is 4.32. The lowest BCUT2D eigenvalue weighted by atomic mass is 9.93. The second kappa shape index (κ2) is 5.09. The molecule has 1 aliphatic carbocycles. The number of hydrogen-bond acceptors (Lipinski definition) is 4. The summed E-state index contributed by atoms with van der Waals surface area (Å²) in [6.45, 7) is 0. The number of fused-ring (bicyclic) bond motifs is 1. The average Bonchev–Trinajstić information content (AvgIpc) is 2.76. The molecule has 0 radical (unpaired) electrons. The van der Waals surface area contributed by atoms with E-state index in [1.54, 1.807) is 0 Å². The molecule has 5 nitrogen and oxygen atoms in total. The van der Waals surface area contributed by atoms with E-state index in [1.165, 1.54) is 0 Å². The van der Waals surface area contributed by atoms with Gasteiger partial charge in [0.15, 0.2) is 0 Å². The third-order valence-electron chi connectivity index (χ3n) is 3.81. The van der Waals surface area contributed by atoms with E-state index < -0.39 is 0 Å². The molecule has 1 fully saturated rings. The molecular formula is C13H17BrN4O. The fourth-order valence-electron chi connectivity index (χ4n) is 2.71. The van der Waals surface area contributed by atoms with E-state index >= 15 is 0 Å². The van der Waals surface area contributed by atoms with Crippen LogP contribution in [0.15, 0.2) is 16.9 Å². The van der Waals surface area contributed by atoms with Crippen molar-refractivity contribution in [3.63, 3.8) is 0 Å². The average molecular weight is 325 g/mol. The predicted molar refractivity (Wildman–Crippen MR) is 78.3 cm³/mol. The Kier molecular flexibility index (Phi) is 3.45. The number of halogens is 1. The van der Waals surface area contributed by atoms with Crippen molar-refractivity contribution in [1.29, 1.82) is 0 Å². The quantitative estimate of drug-likeness (QED) is 0.891. The highest BCUT2D eigenvalue weighted by molar-refractivity contribution is 9.10. The van der Waals surface area contributed by atoms with E-state index in [2.05, 4.69) is 36.0 Å². The summed E-state index contributed by atoms with van der Waals surface area (Å²) in [5.74, 6) is 0.844. The Morgan fingerprint density at radius 2 is 2.11 bits per heavy atom. The maximum Gasteiger partial charge on any atom is 0.137 e. The molecule has 0 spiro atoms. The molecule has 0 atom stereocenters. The van der Waals surface area contributed by atoms with Crippen molar-refractivity contribution < 1.29 is 5.11 Å². The summed E-state index contributed by atoms with van der Waals surface area (Å²) in [5.41, 5.74) is 1.09. The van der Waals surface area contributed by atoms with Gasteiger partial charge < -0.3 is 10.4 Å². The second-order valence-electron chi connectivity index (χ2n) is 5.03. The van der Waals surface area contributed by atoms with Crippen LogP contribution in [-0.4, -0.2) is 33.0 Å². The molecule has 0 amide bonds. The van der Waals surface area contributed by atoms with E-state index in [-0.39, 0.29) is 6.10 Å². The van der Waals surface area contributed by atoms with Crippen LogP contribution in [0.2, 0.25) is 0 Å². The molecule has 0 aliphatic heterocycles. The highest BCUT2D eigenvalue weighted by Crippen LogP contribution is 2.33. The minimum Gasteiger partial charge on any atom is -0.393 e. The minimum atomic E-state index is -0.143. The van der Waals surface area contributed by atoms with Crippen molar-refractivity contribution in [2.45, 2.75) is 37.8 Å². The lowest BCUT2D eigenvalue weighted by Gasteiger charge is -2.26. The molecule has 19 heavy (non-hydrogen) atoms. The number of aromatic nitrogens is 3. The molecule has 2 heterocycles. The molecule has 2 aromatic heterocycles. The summed E-state index contributed by atoms with van der Waals surface area (Å²) >= 11 is 3.50. The first kappa shape index (κ1) is 12.9. The molecule has 2 N–H and O–H groups in total. The molecular weight excluding hydrogens is 308 g/mol. The zero-order valence-corrected chi connectivity index (χ0v) is 12.4. The Balaban J connectivity index is 2.02. The molecule has 2 aromatic rings. The minimum absolute atomic E-state index is 0.143. The van der Waals surface area contributed by atoms with Crippen LogP contribution in [0, 0.1) is 0 Å². The SMILES string of the molecule is CNc1cc2c(cn1)c(Br)nn2C1CCC(O)CC1. The summed E-state index contributed by atoms with van der Waals surface area (Å²) in [6, 6.07) is 2.39. The van der Waals surface area contributed by atoms with Gasteiger partial charge in [0.25, 0.3) is 0 Å². The Labute approximate surface area is 120 Å². The van der Waals surface area contributed by atoms with Gasteiger partial charge >= 0.3 is 0 Å². The molecule has 1 aliphatic rings. The first-order valence-electron chi connectivity index (χ1n) is 6.58. The number of pyridine rings is 1. The van der Waals surface area contributed by atoms with Crippen molar-refractivity contribution >= 4 is 32.7 Å². The third-order valence-corrected chi connectivity index (χ3v) is 4.40. The van der Waals surface area contributed by atoms with Gasteiger partial charge in [0.1, 0.15) is 10.4 Å². The maximum absolute atomic E-state index is 9.62. The van der Waals surface area contributed by atoms with Crippen LogP contribution in [0.1, 0.15) is 31.7 Å². The Morgan fingerprint density at radius 1 is 1.37 bits per heavy atom. The van der Waals surface area contributed by atoms with Crippen molar-refractivity contribution in [3.8, 4) is 0 Å². The van der Waals surface area contributed by atoms with Crippen LogP contribution in [-0.2, 0) is 0 Å². The smallest absolute Gasteiger partial charge is 0.137 e. The summed E-state index contributed by atoms with van der Waals surface area (Å²) in [5, 5.41) is 18.3. The van der Waals surface area contributed by atoms with E-state index in [1.807, 2.05) is 19.3 Å². The van der Waals surface area contributed by atoms with Gasteiger partial charge in [0, 0.05) is 19.3 Å². The molecule has 102 valence electrons. The van der Waals surface area contributed by atoms with Crippen molar-refractivity contribution in [1.82, 2.24) is 14.8 Å². The van der Waals surface area contributed by atoms with E-state index in [9.17, 15) is 5.11 Å². The zero-order valence-electron chi connectivity index (χ0n) is 10.8. The second-order valence-corrected chi connectivity index (χ2v) is 5.79. The molecule has 0 bridgehead atoms. The van der Waals surface area contributed by atoms with Crippen molar-refractivity contribution in [2.75, 3.05) is 12.4 Å². The summed E-state index contributed by atoms with van der Waals surface area (Å²) in [7, 11) is 1.86. The standard InChI is InChI=1S/C13H17BrN4O/c1-15-12-6-11-10(7-16-12)13(14)17-18(11)8-2-4-9(19)5-3-8/h6-9,19H,2-5H2,1H3,(H,15,16). The molecule has 1 saturated carbocycles. The monoisotopic (exact) mass is 324 g/mol. The van der Waals surface area contributed by atoms with Gasteiger partial charge in [-0.15, -0.1) is 0 Å². The largest absolute Gasteiger partial charge is 0.393 e. The highest BCUT2D eigenvalue weighted by atomic mass is 79.9. The summed E-state index contributed by atoms with van der Waals surface area (Å²) in [6.07, 6.45) is 5.35. The number of aliphatic hydroxyl groups is 1. The van der Waals surface area contributed by atoms with E-state index in [0.29, 0.717) is 6.04 Å². The molecule has 3 rings (SSSR count). The van der Waals surface area contributed by atoms with Crippen LogP contribution in [0.3, 0.4) is 0 Å². The molecule has 0 unspecified atom stereocenters. The third kappa shape index (κ3) is 2.34. The normalized spacial score (nSPS) is 23.7. The lowest BCUT2D eigenvalue weighted by Crippen LogP contribution is -2.21. The summed E-state index contributed by atoms with van der Waals surface area (Å²) < 4.78 is 2.91.